The molecule has 62 valence electrons. The van der Waals surface area contributed by atoms with Crippen LogP contribution < -0.4 is 5.32 Å². The second-order valence-electron chi connectivity index (χ2n) is 2.47. The van der Waals surface area contributed by atoms with Gasteiger partial charge in [-0.05, 0) is 13.0 Å². The van der Waals surface area contributed by atoms with E-state index in [-0.39, 0.29) is 0 Å². The van der Waals surface area contributed by atoms with Gasteiger partial charge in [0.05, 0.1) is 0 Å². The number of allylic oxidation sites excluding steroid dienone is 2. The molecule has 0 amide bonds. The van der Waals surface area contributed by atoms with Crippen LogP contribution in [0, 0.1) is 0 Å². The summed E-state index contributed by atoms with van der Waals surface area (Å²) in [5, 5.41) is 2.73. The van der Waals surface area contributed by atoms with E-state index < -0.39 is 15.3 Å². The third kappa shape index (κ3) is 2.04. The molecule has 5 heteroatoms. The lowest BCUT2D eigenvalue weighted by atomic mass is 10.4. The molecule has 0 saturated carbocycles. The summed E-state index contributed by atoms with van der Waals surface area (Å²) >= 11 is 0. The van der Waals surface area contributed by atoms with Crippen LogP contribution in [0.2, 0.25) is 0 Å². The summed E-state index contributed by atoms with van der Waals surface area (Å²) in [7, 11) is -3.11. The van der Waals surface area contributed by atoms with Crippen LogP contribution in [0.15, 0.2) is 16.8 Å². The van der Waals surface area contributed by atoms with Gasteiger partial charge in [0.25, 0.3) is 0 Å². The molecule has 0 saturated heterocycles. The van der Waals surface area contributed by atoms with Gasteiger partial charge < -0.3 is 5.32 Å². The number of nitrogens with zero attached hydrogens (tertiary/aromatic N) is 1. The highest BCUT2D eigenvalue weighted by atomic mass is 32.2. The Kier molecular flexibility index (Phi) is 1.99. The van der Waals surface area contributed by atoms with Crippen molar-refractivity contribution in [3.63, 3.8) is 0 Å². The van der Waals surface area contributed by atoms with Crippen LogP contribution in [0.5, 0.6) is 0 Å². The molecule has 0 radical (unpaired) electrons. The van der Waals surface area contributed by atoms with Crippen LogP contribution in [-0.4, -0.2) is 26.4 Å². The van der Waals surface area contributed by atoms with E-state index in [0.29, 0.717) is 0 Å². The fourth-order valence-electron chi connectivity index (χ4n) is 0.731. The molecular weight excluding hydrogens is 164 g/mol. The minimum absolute atomic E-state index is 0.799. The maximum Gasteiger partial charge on any atom is 0.221 e. The normalized spacial score (nSPS) is 24.2. The van der Waals surface area contributed by atoms with Gasteiger partial charge in [-0.15, -0.1) is 0 Å². The first-order valence-corrected chi connectivity index (χ1v) is 5.11. The van der Waals surface area contributed by atoms with Crippen molar-refractivity contribution in [2.75, 3.05) is 6.26 Å². The first-order chi connectivity index (χ1) is 5.00. The molecule has 1 N–H and O–H groups in total. The van der Waals surface area contributed by atoms with Crippen molar-refractivity contribution >= 4 is 16.1 Å². The van der Waals surface area contributed by atoms with Gasteiger partial charge in [-0.25, -0.2) is 8.42 Å². The van der Waals surface area contributed by atoms with Crippen LogP contribution in [0.3, 0.4) is 0 Å². The van der Waals surface area contributed by atoms with Crippen LogP contribution in [0.1, 0.15) is 6.92 Å². The zero-order valence-electron chi connectivity index (χ0n) is 6.40. The van der Waals surface area contributed by atoms with Crippen molar-refractivity contribution in [1.82, 2.24) is 5.32 Å². The first kappa shape index (κ1) is 8.26. The Bertz CT molecular complexity index is 303. The largest absolute Gasteiger partial charge is 0.355 e. The fourth-order valence-corrected chi connectivity index (χ4v) is 1.42. The predicted molar refractivity (Wildman–Crippen MR) is 44.0 cm³/mol. The first-order valence-electron chi connectivity index (χ1n) is 3.15. The molecule has 1 unspecified atom stereocenters. The Morgan fingerprint density at radius 2 is 2.27 bits per heavy atom. The average Bonchev–Trinajstić information content (AvgIpc) is 1.86. The Morgan fingerprint density at radius 3 is 2.64 bits per heavy atom. The molecule has 4 nitrogen and oxygen atoms in total. The maximum atomic E-state index is 10.9. The van der Waals surface area contributed by atoms with Gasteiger partial charge in [-0.2, -0.15) is 0 Å². The van der Waals surface area contributed by atoms with E-state index in [4.69, 9.17) is 0 Å². The summed E-state index contributed by atoms with van der Waals surface area (Å²) in [6, 6.07) is 0. The van der Waals surface area contributed by atoms with E-state index in [2.05, 4.69) is 10.3 Å². The molecule has 0 aliphatic carbocycles. The number of rotatable bonds is 1. The Balaban J connectivity index is 2.83. The Labute approximate surface area is 65.9 Å². The molecule has 0 aromatic rings. The lowest BCUT2D eigenvalue weighted by molar-refractivity contribution is 0.574. The van der Waals surface area contributed by atoms with E-state index in [0.717, 1.165) is 12.0 Å². The number of nitrogens with one attached hydrogen (secondary N) is 1. The summed E-state index contributed by atoms with van der Waals surface area (Å²) in [5.74, 6) is 0. The second kappa shape index (κ2) is 2.65. The number of aliphatic imine (C=N–C) groups is 1. The monoisotopic (exact) mass is 174 g/mol. The third-order valence-corrected chi connectivity index (χ3v) is 2.35. The van der Waals surface area contributed by atoms with Crippen molar-refractivity contribution < 1.29 is 8.42 Å². The smallest absolute Gasteiger partial charge is 0.221 e. The molecule has 11 heavy (non-hydrogen) atoms. The molecule has 1 aliphatic heterocycles. The lowest BCUT2D eigenvalue weighted by Gasteiger charge is -2.16. The summed E-state index contributed by atoms with van der Waals surface area (Å²) in [4.78, 5) is 3.75. The van der Waals surface area contributed by atoms with Crippen LogP contribution >= 0.6 is 0 Å². The molecule has 1 heterocycles. The molecular formula is C6H10N2O2S. The molecule has 1 aliphatic rings. The van der Waals surface area contributed by atoms with Gasteiger partial charge >= 0.3 is 0 Å². The zero-order chi connectivity index (χ0) is 8.48. The average molecular weight is 174 g/mol. The van der Waals surface area contributed by atoms with Crippen LogP contribution in [0.25, 0.3) is 0 Å². The van der Waals surface area contributed by atoms with Gasteiger partial charge in [0.1, 0.15) is 0 Å². The topological polar surface area (TPSA) is 58.5 Å². The summed E-state index contributed by atoms with van der Waals surface area (Å²) in [6.07, 6.45) is 4.37. The highest BCUT2D eigenvalue weighted by Gasteiger charge is 2.19. The van der Waals surface area contributed by atoms with Gasteiger partial charge in [0, 0.05) is 18.2 Å². The maximum absolute atomic E-state index is 10.9. The molecule has 0 aromatic carbocycles. The highest BCUT2D eigenvalue weighted by molar-refractivity contribution is 7.91. The van der Waals surface area contributed by atoms with Crippen LogP contribution in [-0.2, 0) is 9.84 Å². The number of hydrogen-bond donors (Lipinski definition) is 1. The third-order valence-electron chi connectivity index (χ3n) is 1.30. The van der Waals surface area contributed by atoms with Gasteiger partial charge in [-0.1, -0.05) is 0 Å². The zero-order valence-corrected chi connectivity index (χ0v) is 7.22. The van der Waals surface area contributed by atoms with E-state index in [1.165, 1.54) is 6.21 Å². The second-order valence-corrected chi connectivity index (χ2v) is 4.58. The van der Waals surface area contributed by atoms with Crippen molar-refractivity contribution in [2.45, 2.75) is 12.4 Å². The van der Waals surface area contributed by atoms with E-state index >= 15 is 0 Å². The van der Waals surface area contributed by atoms with Crippen molar-refractivity contribution in [3.05, 3.63) is 11.8 Å². The van der Waals surface area contributed by atoms with Crippen molar-refractivity contribution in [2.24, 2.45) is 4.99 Å². The molecule has 0 aromatic heterocycles. The summed E-state index contributed by atoms with van der Waals surface area (Å²) in [5.41, 5.74) is 0.0166. The van der Waals surface area contributed by atoms with Crippen molar-refractivity contribution in [1.29, 1.82) is 0 Å². The quantitative estimate of drug-likeness (QED) is 0.603. The lowest BCUT2D eigenvalue weighted by Crippen LogP contribution is -2.35. The van der Waals surface area contributed by atoms with Crippen LogP contribution in [0.4, 0.5) is 0 Å². The van der Waals surface area contributed by atoms with E-state index in [1.807, 2.05) is 0 Å². The Morgan fingerprint density at radius 1 is 1.64 bits per heavy atom. The molecule has 1 rings (SSSR count). The number of hydrogen-bond acceptors (Lipinski definition) is 4. The minimum Gasteiger partial charge on any atom is -0.355 e. The molecule has 0 spiro atoms. The van der Waals surface area contributed by atoms with E-state index in [1.54, 1.807) is 13.0 Å². The Hall–Kier alpha value is -0.840. The van der Waals surface area contributed by atoms with Crippen molar-refractivity contribution in [3.8, 4) is 0 Å². The molecule has 0 bridgehead atoms. The predicted octanol–water partition coefficient (Wildman–Crippen LogP) is -0.108. The highest BCUT2D eigenvalue weighted by Crippen LogP contribution is 2.03. The van der Waals surface area contributed by atoms with Gasteiger partial charge in [-0.3, -0.25) is 4.99 Å². The van der Waals surface area contributed by atoms with Gasteiger partial charge in [0.2, 0.25) is 5.50 Å². The molecule has 1 atom stereocenters. The van der Waals surface area contributed by atoms with E-state index in [9.17, 15) is 8.42 Å². The standard InChI is InChI=1S/C6H10N2O2S/c1-5-3-4-7-6(8-5)11(2,9)10/h3-4,6,8H,1-2H3. The fraction of sp³-hybridized carbons (Fsp3) is 0.500. The number of sulfone groups is 1. The summed E-state index contributed by atoms with van der Waals surface area (Å²) < 4.78 is 21.9. The minimum atomic E-state index is -3.11. The SMILES string of the molecule is CC1=CC=NC(S(C)(=O)=O)N1. The summed E-state index contributed by atoms with van der Waals surface area (Å²) in [6.45, 7) is 1.80. The molecule has 0 fully saturated rings. The van der Waals surface area contributed by atoms with Gasteiger partial charge in [0.15, 0.2) is 9.84 Å².